The van der Waals surface area contributed by atoms with Crippen LogP contribution in [0.25, 0.3) is 11.1 Å². The summed E-state index contributed by atoms with van der Waals surface area (Å²) < 4.78 is 1.23. The van der Waals surface area contributed by atoms with E-state index in [2.05, 4.69) is 0 Å². The van der Waals surface area contributed by atoms with Crippen LogP contribution in [0.1, 0.15) is 20.7 Å². The number of hydrogen-bond donors (Lipinski definition) is 0. The van der Waals surface area contributed by atoms with Gasteiger partial charge in [-0.3, -0.25) is 9.59 Å². The molecule has 0 aromatic heterocycles. The molecule has 154 valence electrons. The first-order valence-electron chi connectivity index (χ1n) is 8.82. The van der Waals surface area contributed by atoms with Crippen molar-refractivity contribution in [1.29, 1.82) is 0 Å². The lowest BCUT2D eigenvalue weighted by Crippen LogP contribution is -3.00. The molecule has 0 amide bonds. The van der Waals surface area contributed by atoms with Crippen LogP contribution in [-0.4, -0.2) is 75.9 Å². The van der Waals surface area contributed by atoms with Crippen LogP contribution >= 0.6 is 0 Å². The zero-order chi connectivity index (χ0) is 19.5. The minimum atomic E-state index is 0. The van der Waals surface area contributed by atoms with Gasteiger partial charge < -0.3 is 42.9 Å². The molecule has 0 bridgehead atoms. The molecule has 0 aliphatic heterocycles. The highest BCUT2D eigenvalue weighted by molar-refractivity contribution is 5.98. The van der Waals surface area contributed by atoms with Gasteiger partial charge in [0.05, 0.1) is 42.3 Å². The normalized spacial score (nSPS) is 11.2. The second kappa shape index (κ2) is 10.4. The Bertz CT molecular complexity index is 718. The van der Waals surface area contributed by atoms with Crippen molar-refractivity contribution in [3.8, 4) is 11.1 Å². The summed E-state index contributed by atoms with van der Waals surface area (Å²) in [5.74, 6) is 0.288. The van der Waals surface area contributed by atoms with Crippen LogP contribution in [0.5, 0.6) is 0 Å². The summed E-state index contributed by atoms with van der Waals surface area (Å²) in [5, 5.41) is 0. The molecule has 2 aromatic rings. The zero-order valence-corrected chi connectivity index (χ0v) is 20.7. The Morgan fingerprint density at radius 1 is 0.571 bits per heavy atom. The van der Waals surface area contributed by atoms with Gasteiger partial charge in [-0.25, -0.2) is 0 Å². The summed E-state index contributed by atoms with van der Waals surface area (Å²) >= 11 is 0. The van der Waals surface area contributed by atoms with Crippen molar-refractivity contribution in [1.82, 2.24) is 0 Å². The molecule has 6 heteroatoms. The lowest BCUT2D eigenvalue weighted by molar-refractivity contribution is -0.861. The van der Waals surface area contributed by atoms with Crippen LogP contribution in [0, 0.1) is 0 Å². The van der Waals surface area contributed by atoms with Gasteiger partial charge in [-0.05, 0) is 11.1 Å². The molecule has 0 atom stereocenters. The van der Waals surface area contributed by atoms with Gasteiger partial charge in [0.2, 0.25) is 11.6 Å². The zero-order valence-electron chi connectivity index (χ0n) is 17.5. The minimum absolute atomic E-state index is 0. The molecule has 0 spiro atoms. The highest BCUT2D eigenvalue weighted by Gasteiger charge is 2.17. The molecule has 0 aliphatic carbocycles. The molecule has 2 aromatic carbocycles. The third-order valence-electron chi connectivity index (χ3n) is 3.98. The van der Waals surface area contributed by atoms with E-state index < -0.39 is 0 Å². The molecule has 0 saturated heterocycles. The smallest absolute Gasteiger partial charge is 0.216 e. The average Bonchev–Trinajstić information content (AvgIpc) is 2.52. The van der Waals surface area contributed by atoms with E-state index >= 15 is 0 Å². The van der Waals surface area contributed by atoms with Gasteiger partial charge in [-0.15, -0.1) is 0 Å². The first kappa shape index (κ1) is 26.7. The number of likely N-dealkylation sites (N-methyl/N-ethyl adjacent to an activating group) is 2. The Kier molecular flexibility index (Phi) is 9.94. The number of carbonyl (C=O) groups is 2. The van der Waals surface area contributed by atoms with Gasteiger partial charge >= 0.3 is 0 Å². The Balaban J connectivity index is 0.00000364. The number of rotatable bonds is 7. The van der Waals surface area contributed by atoms with E-state index in [4.69, 9.17) is 0 Å². The molecule has 0 N–H and O–H groups in total. The van der Waals surface area contributed by atoms with Gasteiger partial charge in [0, 0.05) is 11.1 Å². The predicted molar refractivity (Wildman–Crippen MR) is 106 cm³/mol. The van der Waals surface area contributed by atoms with E-state index in [1.807, 2.05) is 90.8 Å². The van der Waals surface area contributed by atoms with Crippen LogP contribution in [0.15, 0.2) is 48.5 Å². The molecule has 0 radical (unpaired) electrons. The minimum Gasteiger partial charge on any atom is -1.00 e. The summed E-state index contributed by atoms with van der Waals surface area (Å²) in [4.78, 5) is 24.6. The molecule has 0 aliphatic rings. The first-order chi connectivity index (χ1) is 11.9. The fraction of sp³-hybridized carbons (Fsp3) is 0.364. The monoisotopic (exact) mass is 512 g/mol. The van der Waals surface area contributed by atoms with E-state index in [-0.39, 0.29) is 45.5 Å². The largest absolute Gasteiger partial charge is 1.00 e. The third kappa shape index (κ3) is 8.35. The standard InChI is InChI=1S/C22H30N2O2.2BrH/c1-23(2,3)15-21(25)19-11-7-17(8-12-19)18-9-13-20(14-10-18)22(26)16-24(4,5)6;;/h7-14H,15-16H2,1-6H3;2*1H/q+2;;/p-2. The molecule has 0 unspecified atom stereocenters. The predicted octanol–water partition coefficient (Wildman–Crippen LogP) is -2.86. The highest BCUT2D eigenvalue weighted by atomic mass is 79.9. The van der Waals surface area contributed by atoms with E-state index in [9.17, 15) is 9.59 Å². The fourth-order valence-corrected chi connectivity index (χ4v) is 2.74. The van der Waals surface area contributed by atoms with Crippen molar-refractivity contribution in [2.75, 3.05) is 55.4 Å². The van der Waals surface area contributed by atoms with Crippen LogP contribution in [-0.2, 0) is 0 Å². The number of benzene rings is 2. The molecular formula is C22H30Br2N2O2. The van der Waals surface area contributed by atoms with Crippen molar-refractivity contribution < 1.29 is 52.5 Å². The van der Waals surface area contributed by atoms with Crippen LogP contribution in [0.3, 0.4) is 0 Å². The summed E-state index contributed by atoms with van der Waals surface area (Å²) in [7, 11) is 12.0. The number of quaternary nitrogens is 2. The number of hydrogen-bond acceptors (Lipinski definition) is 2. The highest BCUT2D eigenvalue weighted by Crippen LogP contribution is 2.21. The second-order valence-electron chi connectivity index (χ2n) is 8.90. The summed E-state index contributed by atoms with van der Waals surface area (Å²) in [5.41, 5.74) is 3.54. The Morgan fingerprint density at radius 2 is 0.821 bits per heavy atom. The Morgan fingerprint density at radius 3 is 1.04 bits per heavy atom. The number of nitrogens with zero attached hydrogens (tertiary/aromatic N) is 2. The number of Topliss-reactive ketones (excluding diaryl/α,β-unsaturated/α-hetero) is 2. The maximum atomic E-state index is 12.3. The second-order valence-corrected chi connectivity index (χ2v) is 8.90. The third-order valence-corrected chi connectivity index (χ3v) is 3.98. The fourth-order valence-electron chi connectivity index (χ4n) is 2.74. The average molecular weight is 514 g/mol. The molecule has 4 nitrogen and oxygen atoms in total. The molecule has 2 rings (SSSR count). The van der Waals surface area contributed by atoms with Gasteiger partial charge in [0.1, 0.15) is 13.1 Å². The Hall–Kier alpha value is -1.34. The van der Waals surface area contributed by atoms with Crippen LogP contribution < -0.4 is 34.0 Å². The SMILES string of the molecule is C[N+](C)(C)CC(=O)c1ccc(-c2ccc(C(=O)C[N+](C)(C)C)cc2)cc1.[Br-].[Br-]. The first-order valence-corrected chi connectivity index (χ1v) is 8.82. The van der Waals surface area contributed by atoms with E-state index in [0.717, 1.165) is 22.3 Å². The number of carbonyl (C=O) groups excluding carboxylic acids is 2. The van der Waals surface area contributed by atoms with Crippen molar-refractivity contribution in [3.05, 3.63) is 59.7 Å². The van der Waals surface area contributed by atoms with E-state index in [0.29, 0.717) is 22.1 Å². The summed E-state index contributed by atoms with van der Waals surface area (Å²) in [6.07, 6.45) is 0. The van der Waals surface area contributed by atoms with Gasteiger partial charge in [0.25, 0.3) is 0 Å². The quantitative estimate of drug-likeness (QED) is 0.295. The van der Waals surface area contributed by atoms with Crippen molar-refractivity contribution in [2.45, 2.75) is 0 Å². The Labute approximate surface area is 189 Å². The van der Waals surface area contributed by atoms with Gasteiger partial charge in [-0.1, -0.05) is 48.5 Å². The van der Waals surface area contributed by atoms with Crippen LogP contribution in [0.2, 0.25) is 0 Å². The van der Waals surface area contributed by atoms with Gasteiger partial charge in [0.15, 0.2) is 0 Å². The van der Waals surface area contributed by atoms with E-state index in [1.54, 1.807) is 0 Å². The van der Waals surface area contributed by atoms with Crippen LogP contribution in [0.4, 0.5) is 0 Å². The van der Waals surface area contributed by atoms with Crippen molar-refractivity contribution >= 4 is 11.6 Å². The maximum absolute atomic E-state index is 12.3. The molecular weight excluding hydrogens is 484 g/mol. The lowest BCUT2D eigenvalue weighted by atomic mass is 10.00. The number of halogens is 2. The molecule has 28 heavy (non-hydrogen) atoms. The molecule has 0 heterocycles. The van der Waals surface area contributed by atoms with Crippen molar-refractivity contribution in [2.24, 2.45) is 0 Å². The maximum Gasteiger partial charge on any atom is 0.216 e. The van der Waals surface area contributed by atoms with Gasteiger partial charge in [-0.2, -0.15) is 0 Å². The lowest BCUT2D eigenvalue weighted by Gasteiger charge is -2.22. The molecule has 0 fully saturated rings. The summed E-state index contributed by atoms with van der Waals surface area (Å²) in [6, 6.07) is 15.4. The molecule has 0 saturated carbocycles. The topological polar surface area (TPSA) is 34.1 Å². The summed E-state index contributed by atoms with van der Waals surface area (Å²) in [6.45, 7) is 0.949. The van der Waals surface area contributed by atoms with E-state index in [1.165, 1.54) is 0 Å². The van der Waals surface area contributed by atoms with Crippen molar-refractivity contribution in [3.63, 3.8) is 0 Å². The number of ketones is 2.